The molecule has 2 heterocycles. The van der Waals surface area contributed by atoms with Gasteiger partial charge in [0, 0.05) is 23.7 Å². The molecule has 8 nitrogen and oxygen atoms in total. The summed E-state index contributed by atoms with van der Waals surface area (Å²) in [4.78, 5) is 44.6. The van der Waals surface area contributed by atoms with Crippen molar-refractivity contribution in [3.05, 3.63) is 81.0 Å². The highest BCUT2D eigenvalue weighted by molar-refractivity contribution is 7.10. The maximum absolute atomic E-state index is 13.3. The Morgan fingerprint density at radius 3 is 2.53 bits per heavy atom. The van der Waals surface area contributed by atoms with Crippen LogP contribution in [-0.2, 0) is 22.6 Å². The number of nitrogens with one attached hydrogen (secondary N) is 1. The molecule has 3 rings (SSSR count). The normalized spacial score (nSPS) is 11.8. The summed E-state index contributed by atoms with van der Waals surface area (Å²) in [5, 5.41) is 4.84. The molecule has 0 bridgehead atoms. The van der Waals surface area contributed by atoms with Crippen molar-refractivity contribution >= 4 is 29.0 Å². The molecule has 0 spiro atoms. The zero-order valence-corrected chi connectivity index (χ0v) is 18.9. The summed E-state index contributed by atoms with van der Waals surface area (Å²) in [7, 11) is 0. The number of nitrogen functional groups attached to an aromatic ring is 1. The van der Waals surface area contributed by atoms with Crippen LogP contribution in [0.1, 0.15) is 30.3 Å². The molecular formula is C23H27N5O3S. The molecule has 3 N–H and O–H groups in total. The Morgan fingerprint density at radius 2 is 1.91 bits per heavy atom. The van der Waals surface area contributed by atoms with Crippen molar-refractivity contribution in [3.8, 4) is 0 Å². The van der Waals surface area contributed by atoms with Crippen LogP contribution in [0.25, 0.3) is 0 Å². The number of anilines is 1. The molecular weight excluding hydrogens is 426 g/mol. The van der Waals surface area contributed by atoms with Gasteiger partial charge in [-0.25, -0.2) is 4.79 Å². The summed E-state index contributed by atoms with van der Waals surface area (Å²) in [5.74, 6) is -0.521. The van der Waals surface area contributed by atoms with Gasteiger partial charge in [0.2, 0.25) is 11.8 Å². The van der Waals surface area contributed by atoms with Gasteiger partial charge in [-0.1, -0.05) is 36.4 Å². The standard InChI is InChI=1S/C23H27N5O3S/c1-16(2)28(20(29)15-27-13-11-19(24)26-23(27)31)21(18-9-6-14-32-18)22(30)25-12-10-17-7-4-3-5-8-17/h3-9,11,13-14,16,21H,10,12,15H2,1-2H3,(H,25,30)(H2,24,26,31). The molecule has 1 unspecified atom stereocenters. The first kappa shape index (κ1) is 23.2. The van der Waals surface area contributed by atoms with E-state index in [9.17, 15) is 14.4 Å². The second-order valence-electron chi connectivity index (χ2n) is 7.60. The molecule has 3 aromatic rings. The fourth-order valence-electron chi connectivity index (χ4n) is 3.43. The van der Waals surface area contributed by atoms with Crippen molar-refractivity contribution in [2.75, 3.05) is 12.3 Å². The highest BCUT2D eigenvalue weighted by atomic mass is 32.1. The number of aromatic nitrogens is 2. The third kappa shape index (κ3) is 5.82. The molecule has 0 aliphatic rings. The van der Waals surface area contributed by atoms with Gasteiger partial charge < -0.3 is 16.0 Å². The number of carbonyl (C=O) groups is 2. The van der Waals surface area contributed by atoms with Crippen molar-refractivity contribution < 1.29 is 9.59 Å². The summed E-state index contributed by atoms with van der Waals surface area (Å²) < 4.78 is 1.19. The Balaban J connectivity index is 1.80. The van der Waals surface area contributed by atoms with Gasteiger partial charge >= 0.3 is 5.69 Å². The zero-order chi connectivity index (χ0) is 23.1. The summed E-state index contributed by atoms with van der Waals surface area (Å²) in [6, 6.07) is 14.0. The van der Waals surface area contributed by atoms with Crippen LogP contribution in [0.15, 0.2) is 64.9 Å². The van der Waals surface area contributed by atoms with Crippen molar-refractivity contribution in [1.82, 2.24) is 19.8 Å². The fourth-order valence-corrected chi connectivity index (χ4v) is 4.25. The molecule has 32 heavy (non-hydrogen) atoms. The van der Waals surface area contributed by atoms with E-state index in [4.69, 9.17) is 5.73 Å². The lowest BCUT2D eigenvalue weighted by molar-refractivity contribution is -0.143. The van der Waals surface area contributed by atoms with Crippen LogP contribution in [0.5, 0.6) is 0 Å². The highest BCUT2D eigenvalue weighted by Crippen LogP contribution is 2.28. The monoisotopic (exact) mass is 453 g/mol. The Bertz CT molecular complexity index is 1100. The number of hydrogen-bond acceptors (Lipinski definition) is 6. The van der Waals surface area contributed by atoms with Crippen LogP contribution in [0.4, 0.5) is 5.82 Å². The Hall–Kier alpha value is -3.46. The molecule has 2 amide bonds. The first-order valence-corrected chi connectivity index (χ1v) is 11.2. The quantitative estimate of drug-likeness (QED) is 0.516. The van der Waals surface area contributed by atoms with E-state index < -0.39 is 11.7 Å². The van der Waals surface area contributed by atoms with E-state index >= 15 is 0 Å². The van der Waals surface area contributed by atoms with Crippen LogP contribution in [0.3, 0.4) is 0 Å². The SMILES string of the molecule is CC(C)N(C(=O)Cn1ccc(N)nc1=O)C(C(=O)NCCc1ccccc1)c1cccs1. The van der Waals surface area contributed by atoms with Crippen LogP contribution in [0, 0.1) is 0 Å². The molecule has 0 fully saturated rings. The van der Waals surface area contributed by atoms with Gasteiger partial charge in [-0.15, -0.1) is 11.3 Å². The van der Waals surface area contributed by atoms with Crippen LogP contribution in [0.2, 0.25) is 0 Å². The molecule has 0 radical (unpaired) electrons. The largest absolute Gasteiger partial charge is 0.383 e. The number of hydrogen-bond donors (Lipinski definition) is 2. The number of nitrogens with two attached hydrogens (primary N) is 1. The number of amides is 2. The van der Waals surface area contributed by atoms with Gasteiger partial charge in [0.05, 0.1) is 0 Å². The van der Waals surface area contributed by atoms with Crippen molar-refractivity contribution in [2.24, 2.45) is 0 Å². The maximum atomic E-state index is 13.3. The molecule has 1 atom stereocenters. The van der Waals surface area contributed by atoms with Gasteiger partial charge in [-0.3, -0.25) is 14.2 Å². The van der Waals surface area contributed by atoms with E-state index in [1.54, 1.807) is 0 Å². The third-order valence-electron chi connectivity index (χ3n) is 4.94. The van der Waals surface area contributed by atoms with E-state index in [0.29, 0.717) is 13.0 Å². The number of carbonyl (C=O) groups excluding carboxylic acids is 2. The van der Waals surface area contributed by atoms with Gasteiger partial charge in [0.25, 0.3) is 0 Å². The lowest BCUT2D eigenvalue weighted by atomic mass is 10.1. The van der Waals surface area contributed by atoms with Crippen LogP contribution >= 0.6 is 11.3 Å². The van der Waals surface area contributed by atoms with Gasteiger partial charge in [-0.2, -0.15) is 4.98 Å². The topological polar surface area (TPSA) is 110 Å². The Labute approximate surface area is 190 Å². The first-order valence-electron chi connectivity index (χ1n) is 10.4. The molecule has 2 aromatic heterocycles. The smallest absolute Gasteiger partial charge is 0.349 e. The Kier molecular flexibility index (Phi) is 7.77. The zero-order valence-electron chi connectivity index (χ0n) is 18.1. The summed E-state index contributed by atoms with van der Waals surface area (Å²) in [6.45, 7) is 3.91. The molecule has 0 aliphatic heterocycles. The van der Waals surface area contributed by atoms with Gasteiger partial charge in [-0.05, 0) is 43.3 Å². The Morgan fingerprint density at radius 1 is 1.16 bits per heavy atom. The number of benzene rings is 1. The van der Waals surface area contributed by atoms with Crippen LogP contribution in [-0.4, -0.2) is 38.9 Å². The average Bonchev–Trinajstić information content (AvgIpc) is 3.28. The van der Waals surface area contributed by atoms with Gasteiger partial charge in [0.15, 0.2) is 0 Å². The fraction of sp³-hybridized carbons (Fsp3) is 0.304. The number of nitrogens with zero attached hydrogens (tertiary/aromatic N) is 3. The van der Waals surface area contributed by atoms with Crippen molar-refractivity contribution in [3.63, 3.8) is 0 Å². The van der Waals surface area contributed by atoms with E-state index in [0.717, 1.165) is 10.4 Å². The second kappa shape index (κ2) is 10.7. The average molecular weight is 454 g/mol. The minimum atomic E-state index is -0.796. The summed E-state index contributed by atoms with van der Waals surface area (Å²) in [5.41, 5.74) is 6.04. The summed E-state index contributed by atoms with van der Waals surface area (Å²) in [6.07, 6.45) is 2.12. The first-order chi connectivity index (χ1) is 15.4. The lowest BCUT2D eigenvalue weighted by Gasteiger charge is -2.34. The minimum absolute atomic E-state index is 0.0914. The van der Waals surface area contributed by atoms with Crippen molar-refractivity contribution in [1.29, 1.82) is 0 Å². The van der Waals surface area contributed by atoms with E-state index in [1.807, 2.05) is 61.7 Å². The summed E-state index contributed by atoms with van der Waals surface area (Å²) >= 11 is 1.41. The predicted molar refractivity (Wildman–Crippen MR) is 125 cm³/mol. The molecule has 0 saturated carbocycles. The molecule has 1 aromatic carbocycles. The highest BCUT2D eigenvalue weighted by Gasteiger charge is 2.34. The second-order valence-corrected chi connectivity index (χ2v) is 8.58. The molecule has 0 saturated heterocycles. The van der Waals surface area contributed by atoms with Crippen LogP contribution < -0.4 is 16.7 Å². The lowest BCUT2D eigenvalue weighted by Crippen LogP contribution is -2.48. The van der Waals surface area contributed by atoms with E-state index in [1.165, 1.54) is 33.1 Å². The predicted octanol–water partition coefficient (Wildman–Crippen LogP) is 2.22. The van der Waals surface area contributed by atoms with E-state index in [-0.39, 0.29) is 30.2 Å². The molecule has 9 heteroatoms. The molecule has 0 aliphatic carbocycles. The maximum Gasteiger partial charge on any atom is 0.349 e. The van der Waals surface area contributed by atoms with Crippen molar-refractivity contribution in [2.45, 2.75) is 38.9 Å². The third-order valence-corrected chi connectivity index (χ3v) is 5.87. The number of rotatable bonds is 9. The van der Waals surface area contributed by atoms with Gasteiger partial charge in [0.1, 0.15) is 18.4 Å². The van der Waals surface area contributed by atoms with E-state index in [2.05, 4.69) is 10.3 Å². The minimum Gasteiger partial charge on any atom is -0.383 e. The number of thiophene rings is 1. The molecule has 168 valence electrons.